The van der Waals surface area contributed by atoms with Crippen molar-refractivity contribution in [3.63, 3.8) is 0 Å². The topological polar surface area (TPSA) is 55.5 Å². The molecule has 2 fully saturated rings. The first kappa shape index (κ1) is 10.4. The molecule has 0 aromatic rings. The van der Waals surface area contributed by atoms with E-state index < -0.39 is 0 Å². The van der Waals surface area contributed by atoms with Gasteiger partial charge in [0.1, 0.15) is 0 Å². The highest BCUT2D eigenvalue weighted by atomic mass is 16.5. The number of aliphatic hydroxyl groups is 1. The van der Waals surface area contributed by atoms with Crippen molar-refractivity contribution in [2.24, 2.45) is 5.73 Å². The molecule has 0 bridgehead atoms. The summed E-state index contributed by atoms with van der Waals surface area (Å²) in [4.78, 5) is 0. The van der Waals surface area contributed by atoms with E-state index in [0.29, 0.717) is 12.2 Å². The van der Waals surface area contributed by atoms with Crippen LogP contribution < -0.4 is 5.73 Å². The summed E-state index contributed by atoms with van der Waals surface area (Å²) >= 11 is 0. The van der Waals surface area contributed by atoms with Gasteiger partial charge >= 0.3 is 0 Å². The molecular weight excluding hydrogens is 178 g/mol. The molecule has 3 nitrogen and oxygen atoms in total. The lowest BCUT2D eigenvalue weighted by atomic mass is 9.81. The lowest BCUT2D eigenvalue weighted by Gasteiger charge is -2.39. The molecular formula is C11H21NO2. The highest BCUT2D eigenvalue weighted by Gasteiger charge is 2.34. The lowest BCUT2D eigenvalue weighted by molar-refractivity contribution is -0.0799. The molecule has 2 aliphatic rings. The van der Waals surface area contributed by atoms with Gasteiger partial charge in [0.05, 0.1) is 18.8 Å². The van der Waals surface area contributed by atoms with E-state index in [1.54, 1.807) is 0 Å². The minimum atomic E-state index is -0.368. The van der Waals surface area contributed by atoms with Crippen molar-refractivity contribution in [3.8, 4) is 0 Å². The van der Waals surface area contributed by atoms with Gasteiger partial charge in [0, 0.05) is 5.54 Å². The van der Waals surface area contributed by atoms with Crippen molar-refractivity contribution < 1.29 is 9.84 Å². The first-order valence-corrected chi connectivity index (χ1v) is 5.77. The van der Waals surface area contributed by atoms with E-state index in [0.717, 1.165) is 25.7 Å². The molecule has 2 aliphatic carbocycles. The van der Waals surface area contributed by atoms with Crippen LogP contribution in [-0.4, -0.2) is 29.5 Å². The van der Waals surface area contributed by atoms with E-state index in [-0.39, 0.29) is 12.1 Å². The van der Waals surface area contributed by atoms with E-state index >= 15 is 0 Å². The van der Waals surface area contributed by atoms with Gasteiger partial charge in [-0.2, -0.15) is 0 Å². The standard InChI is InChI=1S/C11H21NO2/c12-11(8-13)6-2-5-10(7-11)14-9-3-1-4-9/h9-10,13H,1-8,12H2. The summed E-state index contributed by atoms with van der Waals surface area (Å²) in [6.07, 6.45) is 8.51. The molecule has 82 valence electrons. The van der Waals surface area contributed by atoms with Gasteiger partial charge in [-0.3, -0.25) is 0 Å². The third kappa shape index (κ3) is 2.27. The maximum absolute atomic E-state index is 9.19. The molecule has 0 heterocycles. The van der Waals surface area contributed by atoms with E-state index in [1.165, 1.54) is 19.3 Å². The van der Waals surface area contributed by atoms with Crippen LogP contribution >= 0.6 is 0 Å². The fraction of sp³-hybridized carbons (Fsp3) is 1.00. The van der Waals surface area contributed by atoms with Gasteiger partial charge < -0.3 is 15.6 Å². The number of ether oxygens (including phenoxy) is 1. The Hall–Kier alpha value is -0.120. The van der Waals surface area contributed by atoms with Crippen molar-refractivity contribution in [2.75, 3.05) is 6.61 Å². The number of aliphatic hydroxyl groups excluding tert-OH is 1. The van der Waals surface area contributed by atoms with Crippen LogP contribution in [0.1, 0.15) is 44.9 Å². The van der Waals surface area contributed by atoms with Gasteiger partial charge in [0.2, 0.25) is 0 Å². The molecule has 2 atom stereocenters. The first-order chi connectivity index (χ1) is 6.72. The summed E-state index contributed by atoms with van der Waals surface area (Å²) in [7, 11) is 0. The Morgan fingerprint density at radius 3 is 2.50 bits per heavy atom. The maximum Gasteiger partial charge on any atom is 0.0612 e. The number of rotatable bonds is 3. The molecule has 0 amide bonds. The SMILES string of the molecule is NC1(CO)CCCC(OC2CCC2)C1. The molecule has 3 heteroatoms. The summed E-state index contributed by atoms with van der Waals surface area (Å²) in [6.45, 7) is 0.0948. The fourth-order valence-corrected chi connectivity index (χ4v) is 2.38. The van der Waals surface area contributed by atoms with Crippen molar-refractivity contribution in [1.29, 1.82) is 0 Å². The third-order valence-electron chi connectivity index (χ3n) is 3.59. The quantitative estimate of drug-likeness (QED) is 0.718. The average Bonchev–Trinajstić information content (AvgIpc) is 2.12. The van der Waals surface area contributed by atoms with Gasteiger partial charge in [-0.05, 0) is 44.9 Å². The van der Waals surface area contributed by atoms with E-state index in [9.17, 15) is 5.11 Å². The minimum absolute atomic E-state index is 0.0948. The average molecular weight is 199 g/mol. The molecule has 2 saturated carbocycles. The van der Waals surface area contributed by atoms with Crippen LogP contribution in [0.2, 0.25) is 0 Å². The molecule has 0 radical (unpaired) electrons. The zero-order valence-electron chi connectivity index (χ0n) is 8.74. The Balaban J connectivity index is 1.80. The number of hydrogen-bond donors (Lipinski definition) is 2. The third-order valence-corrected chi connectivity index (χ3v) is 3.59. The maximum atomic E-state index is 9.19. The Morgan fingerprint density at radius 1 is 1.21 bits per heavy atom. The van der Waals surface area contributed by atoms with Gasteiger partial charge in [0.25, 0.3) is 0 Å². The van der Waals surface area contributed by atoms with Crippen molar-refractivity contribution in [2.45, 2.75) is 62.7 Å². The largest absolute Gasteiger partial charge is 0.394 e. The molecule has 0 aromatic carbocycles. The highest BCUT2D eigenvalue weighted by molar-refractivity contribution is 4.91. The van der Waals surface area contributed by atoms with Gasteiger partial charge in [0.15, 0.2) is 0 Å². The zero-order valence-corrected chi connectivity index (χ0v) is 8.74. The summed E-state index contributed by atoms with van der Waals surface area (Å²) in [5.74, 6) is 0. The normalized spacial score (nSPS) is 39.4. The Kier molecular flexibility index (Phi) is 3.10. The zero-order chi connectivity index (χ0) is 10.0. The molecule has 3 N–H and O–H groups in total. The predicted octanol–water partition coefficient (Wildman–Crippen LogP) is 1.19. The predicted molar refractivity (Wildman–Crippen MR) is 55.0 cm³/mol. The number of hydrogen-bond acceptors (Lipinski definition) is 3. The van der Waals surface area contributed by atoms with Crippen LogP contribution in [0, 0.1) is 0 Å². The molecule has 0 saturated heterocycles. The van der Waals surface area contributed by atoms with Crippen molar-refractivity contribution in [3.05, 3.63) is 0 Å². The Labute approximate surface area is 85.6 Å². The van der Waals surface area contributed by atoms with Crippen LogP contribution in [0.15, 0.2) is 0 Å². The number of nitrogens with two attached hydrogens (primary N) is 1. The first-order valence-electron chi connectivity index (χ1n) is 5.77. The molecule has 14 heavy (non-hydrogen) atoms. The van der Waals surface area contributed by atoms with Crippen LogP contribution in [-0.2, 0) is 4.74 Å². The molecule has 2 rings (SSSR count). The second kappa shape index (κ2) is 4.17. The van der Waals surface area contributed by atoms with E-state index in [2.05, 4.69) is 0 Å². The van der Waals surface area contributed by atoms with E-state index in [1.807, 2.05) is 0 Å². The smallest absolute Gasteiger partial charge is 0.0612 e. The van der Waals surface area contributed by atoms with Crippen LogP contribution in [0.25, 0.3) is 0 Å². The molecule has 0 spiro atoms. The Bertz CT molecular complexity index is 194. The minimum Gasteiger partial charge on any atom is -0.394 e. The fourth-order valence-electron chi connectivity index (χ4n) is 2.38. The van der Waals surface area contributed by atoms with Crippen LogP contribution in [0.5, 0.6) is 0 Å². The van der Waals surface area contributed by atoms with Crippen LogP contribution in [0.3, 0.4) is 0 Å². The van der Waals surface area contributed by atoms with E-state index in [4.69, 9.17) is 10.5 Å². The monoisotopic (exact) mass is 199 g/mol. The summed E-state index contributed by atoms with van der Waals surface area (Å²) < 4.78 is 5.93. The van der Waals surface area contributed by atoms with Crippen molar-refractivity contribution in [1.82, 2.24) is 0 Å². The summed E-state index contributed by atoms with van der Waals surface area (Å²) in [6, 6.07) is 0. The highest BCUT2D eigenvalue weighted by Crippen LogP contribution is 2.32. The van der Waals surface area contributed by atoms with Crippen molar-refractivity contribution >= 4 is 0 Å². The summed E-state index contributed by atoms with van der Waals surface area (Å²) in [5.41, 5.74) is 5.69. The van der Waals surface area contributed by atoms with Gasteiger partial charge in [-0.15, -0.1) is 0 Å². The lowest BCUT2D eigenvalue weighted by Crippen LogP contribution is -2.50. The molecule has 0 aliphatic heterocycles. The second-order valence-electron chi connectivity index (χ2n) is 4.93. The van der Waals surface area contributed by atoms with Crippen LogP contribution in [0.4, 0.5) is 0 Å². The van der Waals surface area contributed by atoms with Gasteiger partial charge in [-0.1, -0.05) is 0 Å². The molecule has 0 aromatic heterocycles. The Morgan fingerprint density at radius 2 is 1.93 bits per heavy atom. The van der Waals surface area contributed by atoms with Gasteiger partial charge in [-0.25, -0.2) is 0 Å². The second-order valence-corrected chi connectivity index (χ2v) is 4.93. The summed E-state index contributed by atoms with van der Waals surface area (Å²) in [5, 5.41) is 9.19. The molecule has 2 unspecified atom stereocenters.